The number of ether oxygens (including phenoxy) is 1. The molecule has 0 saturated carbocycles. The van der Waals surface area contributed by atoms with Crippen molar-refractivity contribution in [2.75, 3.05) is 5.32 Å². The van der Waals surface area contributed by atoms with Crippen LogP contribution in [-0.4, -0.2) is 21.1 Å². The normalized spacial score (nSPS) is 10.7. The number of hydrogen-bond donors (Lipinski definition) is 1. The van der Waals surface area contributed by atoms with E-state index < -0.39 is 0 Å². The third-order valence-electron chi connectivity index (χ3n) is 3.57. The number of aryl methyl sites for hydroxylation is 1. The Labute approximate surface area is 164 Å². The molecule has 142 valence electrons. The zero-order chi connectivity index (χ0) is 19.1. The molecule has 0 bridgehead atoms. The number of aromatic nitrogens is 3. The SMILES string of the molecule is CCCCc1nnc(NC(=O)Cc2csc(COc3ccc(F)cc3)n2)s1. The fraction of sp³-hybridized carbons (Fsp3) is 0.333. The van der Waals surface area contributed by atoms with Gasteiger partial charge < -0.3 is 10.1 Å². The summed E-state index contributed by atoms with van der Waals surface area (Å²) in [6.07, 6.45) is 3.20. The lowest BCUT2D eigenvalue weighted by molar-refractivity contribution is -0.115. The number of amides is 1. The van der Waals surface area contributed by atoms with Gasteiger partial charge in [0.1, 0.15) is 28.2 Å². The summed E-state index contributed by atoms with van der Waals surface area (Å²) in [6, 6.07) is 5.81. The topological polar surface area (TPSA) is 77.0 Å². The average molecular weight is 407 g/mol. The Morgan fingerprint density at radius 1 is 1.22 bits per heavy atom. The molecule has 0 spiro atoms. The second-order valence-electron chi connectivity index (χ2n) is 5.80. The summed E-state index contributed by atoms with van der Waals surface area (Å²) in [6.45, 7) is 2.39. The largest absolute Gasteiger partial charge is 0.486 e. The molecule has 3 aromatic rings. The molecule has 3 rings (SSSR count). The van der Waals surface area contributed by atoms with Crippen molar-refractivity contribution in [1.29, 1.82) is 0 Å². The zero-order valence-corrected chi connectivity index (χ0v) is 16.4. The van der Waals surface area contributed by atoms with E-state index in [2.05, 4.69) is 27.4 Å². The molecule has 0 aliphatic heterocycles. The Balaban J connectivity index is 1.47. The smallest absolute Gasteiger partial charge is 0.232 e. The van der Waals surface area contributed by atoms with E-state index in [1.807, 2.05) is 5.38 Å². The standard InChI is InChI=1S/C18H19FN4O2S2/c1-2-3-4-16-22-23-18(27-16)21-15(24)9-13-11-26-17(20-13)10-25-14-7-5-12(19)6-8-14/h5-8,11H,2-4,9-10H2,1H3,(H,21,23,24). The predicted octanol–water partition coefficient (Wildman–Crippen LogP) is 4.24. The monoisotopic (exact) mass is 406 g/mol. The Hall–Kier alpha value is -2.39. The number of unbranched alkanes of at least 4 members (excludes halogenated alkanes) is 1. The molecule has 0 fully saturated rings. The fourth-order valence-electron chi connectivity index (χ4n) is 2.23. The van der Waals surface area contributed by atoms with Crippen LogP contribution < -0.4 is 10.1 Å². The van der Waals surface area contributed by atoms with E-state index in [4.69, 9.17) is 4.74 Å². The van der Waals surface area contributed by atoms with Crippen LogP contribution in [0.4, 0.5) is 9.52 Å². The van der Waals surface area contributed by atoms with Crippen molar-refractivity contribution >= 4 is 33.7 Å². The molecule has 1 amide bonds. The van der Waals surface area contributed by atoms with Gasteiger partial charge in [-0.3, -0.25) is 4.79 Å². The van der Waals surface area contributed by atoms with E-state index in [9.17, 15) is 9.18 Å². The molecule has 6 nitrogen and oxygen atoms in total. The van der Waals surface area contributed by atoms with Crippen LogP contribution in [0.2, 0.25) is 0 Å². The highest BCUT2D eigenvalue weighted by Gasteiger charge is 2.11. The minimum atomic E-state index is -0.308. The average Bonchev–Trinajstić information content (AvgIpc) is 3.29. The van der Waals surface area contributed by atoms with E-state index >= 15 is 0 Å². The van der Waals surface area contributed by atoms with Crippen LogP contribution in [0.1, 0.15) is 35.5 Å². The van der Waals surface area contributed by atoms with Crippen molar-refractivity contribution in [2.45, 2.75) is 39.2 Å². The van der Waals surface area contributed by atoms with Gasteiger partial charge in [0.2, 0.25) is 11.0 Å². The Morgan fingerprint density at radius 2 is 2.04 bits per heavy atom. The first-order valence-corrected chi connectivity index (χ1v) is 10.3. The van der Waals surface area contributed by atoms with E-state index in [-0.39, 0.29) is 24.8 Å². The van der Waals surface area contributed by atoms with Crippen molar-refractivity contribution in [1.82, 2.24) is 15.2 Å². The highest BCUT2D eigenvalue weighted by molar-refractivity contribution is 7.15. The molecule has 9 heteroatoms. The van der Waals surface area contributed by atoms with Crippen molar-refractivity contribution in [2.24, 2.45) is 0 Å². The quantitative estimate of drug-likeness (QED) is 0.575. The number of nitrogens with one attached hydrogen (secondary N) is 1. The minimum absolute atomic E-state index is 0.164. The second-order valence-corrected chi connectivity index (χ2v) is 7.81. The molecule has 2 heterocycles. The van der Waals surface area contributed by atoms with E-state index in [1.165, 1.54) is 34.8 Å². The van der Waals surface area contributed by atoms with Gasteiger partial charge in [-0.2, -0.15) is 0 Å². The minimum Gasteiger partial charge on any atom is -0.486 e. The summed E-state index contributed by atoms with van der Waals surface area (Å²) in [5.41, 5.74) is 0.672. The molecule has 2 aromatic heterocycles. The highest BCUT2D eigenvalue weighted by Crippen LogP contribution is 2.19. The summed E-state index contributed by atoms with van der Waals surface area (Å²) in [4.78, 5) is 16.5. The van der Waals surface area contributed by atoms with E-state index in [1.54, 1.807) is 12.1 Å². The number of anilines is 1. The number of carbonyl (C=O) groups excluding carboxylic acids is 1. The first kappa shape index (κ1) is 19.4. The van der Waals surface area contributed by atoms with Crippen LogP contribution in [-0.2, 0) is 24.2 Å². The van der Waals surface area contributed by atoms with Gasteiger partial charge in [-0.1, -0.05) is 24.7 Å². The maximum atomic E-state index is 12.9. The van der Waals surface area contributed by atoms with Gasteiger partial charge in [0.25, 0.3) is 0 Å². The second kappa shape index (κ2) is 9.52. The lowest BCUT2D eigenvalue weighted by atomic mass is 10.3. The maximum Gasteiger partial charge on any atom is 0.232 e. The molecule has 0 unspecified atom stereocenters. The highest BCUT2D eigenvalue weighted by atomic mass is 32.1. The Kier molecular flexibility index (Phi) is 6.83. The molecule has 0 radical (unpaired) electrons. The number of thiazole rings is 1. The van der Waals surface area contributed by atoms with Gasteiger partial charge in [0.05, 0.1) is 12.1 Å². The van der Waals surface area contributed by atoms with E-state index in [0.717, 1.165) is 29.3 Å². The van der Waals surface area contributed by atoms with Crippen LogP contribution in [0.5, 0.6) is 5.75 Å². The van der Waals surface area contributed by atoms with Crippen molar-refractivity contribution < 1.29 is 13.9 Å². The predicted molar refractivity (Wildman–Crippen MR) is 104 cm³/mol. The lowest BCUT2D eigenvalue weighted by Gasteiger charge is -2.03. The number of benzene rings is 1. The van der Waals surface area contributed by atoms with Crippen LogP contribution in [0.25, 0.3) is 0 Å². The fourth-order valence-corrected chi connectivity index (χ4v) is 3.74. The molecular formula is C18H19FN4O2S2. The molecular weight excluding hydrogens is 387 g/mol. The molecule has 0 saturated heterocycles. The molecule has 1 aromatic carbocycles. The summed E-state index contributed by atoms with van der Waals surface area (Å²) in [5, 5.41) is 14.9. The van der Waals surface area contributed by atoms with Gasteiger partial charge in [0, 0.05) is 11.8 Å². The molecule has 27 heavy (non-hydrogen) atoms. The molecule has 1 N–H and O–H groups in total. The Bertz CT molecular complexity index is 880. The number of hydrogen-bond acceptors (Lipinski definition) is 7. The lowest BCUT2D eigenvalue weighted by Crippen LogP contribution is -2.14. The molecule has 0 aliphatic carbocycles. The van der Waals surface area contributed by atoms with Gasteiger partial charge >= 0.3 is 0 Å². The third kappa shape index (κ3) is 6.07. The summed E-state index contributed by atoms with van der Waals surface area (Å²) in [7, 11) is 0. The van der Waals surface area contributed by atoms with Crippen molar-refractivity contribution in [3.63, 3.8) is 0 Å². The van der Waals surface area contributed by atoms with Crippen LogP contribution in [0, 0.1) is 5.82 Å². The number of rotatable bonds is 9. The molecule has 0 atom stereocenters. The van der Waals surface area contributed by atoms with Crippen molar-refractivity contribution in [3.05, 3.63) is 51.2 Å². The molecule has 0 aliphatic rings. The van der Waals surface area contributed by atoms with Crippen LogP contribution in [0.15, 0.2) is 29.6 Å². The number of nitrogens with zero attached hydrogens (tertiary/aromatic N) is 3. The first-order valence-electron chi connectivity index (χ1n) is 8.56. The maximum absolute atomic E-state index is 12.9. The van der Waals surface area contributed by atoms with E-state index in [0.29, 0.717) is 16.6 Å². The van der Waals surface area contributed by atoms with Gasteiger partial charge in [-0.25, -0.2) is 9.37 Å². The van der Waals surface area contributed by atoms with Crippen molar-refractivity contribution in [3.8, 4) is 5.75 Å². The summed E-state index contributed by atoms with van der Waals surface area (Å²) < 4.78 is 18.4. The third-order valence-corrected chi connectivity index (χ3v) is 5.34. The number of carbonyl (C=O) groups is 1. The summed E-state index contributed by atoms with van der Waals surface area (Å²) >= 11 is 2.82. The first-order chi connectivity index (χ1) is 13.1. The van der Waals surface area contributed by atoms with Gasteiger partial charge in [0.15, 0.2) is 0 Å². The van der Waals surface area contributed by atoms with Crippen LogP contribution >= 0.6 is 22.7 Å². The number of halogens is 1. The zero-order valence-electron chi connectivity index (χ0n) is 14.8. The van der Waals surface area contributed by atoms with Gasteiger partial charge in [-0.05, 0) is 30.7 Å². The van der Waals surface area contributed by atoms with Crippen LogP contribution in [0.3, 0.4) is 0 Å². The summed E-state index contributed by atoms with van der Waals surface area (Å²) in [5.74, 6) is 0.0864. The van der Waals surface area contributed by atoms with Gasteiger partial charge in [-0.15, -0.1) is 21.5 Å². The Morgan fingerprint density at radius 3 is 2.81 bits per heavy atom.